The first-order chi connectivity index (χ1) is 7.66. The zero-order valence-corrected chi connectivity index (χ0v) is 10.5. The van der Waals surface area contributed by atoms with Crippen LogP contribution in [0.25, 0.3) is 0 Å². The van der Waals surface area contributed by atoms with Gasteiger partial charge in [-0.15, -0.1) is 11.3 Å². The SMILES string of the molecule is CC(=O)c1csc(NC(=O)C2CCSC2)n1. The number of hydrogen-bond acceptors (Lipinski definition) is 5. The van der Waals surface area contributed by atoms with E-state index in [-0.39, 0.29) is 17.6 Å². The molecular formula is C10H12N2O2S2. The predicted octanol–water partition coefficient (Wildman–Crippen LogP) is 2.04. The quantitative estimate of drug-likeness (QED) is 0.841. The van der Waals surface area contributed by atoms with Crippen molar-refractivity contribution in [2.45, 2.75) is 13.3 Å². The summed E-state index contributed by atoms with van der Waals surface area (Å²) in [6.07, 6.45) is 0.932. The van der Waals surface area contributed by atoms with Crippen LogP contribution in [0, 0.1) is 5.92 Å². The predicted molar refractivity (Wildman–Crippen MR) is 66.2 cm³/mol. The Hall–Kier alpha value is -0.880. The van der Waals surface area contributed by atoms with Gasteiger partial charge in [0.15, 0.2) is 10.9 Å². The Labute approximate surface area is 102 Å². The summed E-state index contributed by atoms with van der Waals surface area (Å²) in [6.45, 7) is 1.47. The maximum absolute atomic E-state index is 11.8. The molecule has 6 heteroatoms. The molecule has 1 saturated heterocycles. The molecule has 16 heavy (non-hydrogen) atoms. The van der Waals surface area contributed by atoms with E-state index in [9.17, 15) is 9.59 Å². The summed E-state index contributed by atoms with van der Waals surface area (Å²) in [7, 11) is 0. The number of nitrogens with one attached hydrogen (secondary N) is 1. The summed E-state index contributed by atoms with van der Waals surface area (Å²) in [4.78, 5) is 26.8. The van der Waals surface area contributed by atoms with E-state index in [4.69, 9.17) is 0 Å². The van der Waals surface area contributed by atoms with E-state index in [0.717, 1.165) is 17.9 Å². The van der Waals surface area contributed by atoms with Crippen molar-refractivity contribution < 1.29 is 9.59 Å². The highest BCUT2D eigenvalue weighted by atomic mass is 32.2. The fourth-order valence-corrected chi connectivity index (χ4v) is 3.41. The van der Waals surface area contributed by atoms with Crippen LogP contribution in [0.15, 0.2) is 5.38 Å². The topological polar surface area (TPSA) is 59.1 Å². The highest BCUT2D eigenvalue weighted by molar-refractivity contribution is 7.99. The highest BCUT2D eigenvalue weighted by Gasteiger charge is 2.23. The van der Waals surface area contributed by atoms with Gasteiger partial charge in [0.1, 0.15) is 5.69 Å². The Bertz CT molecular complexity index is 411. The Morgan fingerprint density at radius 2 is 2.38 bits per heavy atom. The standard InChI is InChI=1S/C10H12N2O2S2/c1-6(13)8-5-16-10(11-8)12-9(14)7-2-3-15-4-7/h5,7H,2-4H2,1H3,(H,11,12,14). The lowest BCUT2D eigenvalue weighted by Crippen LogP contribution is -2.22. The molecule has 2 rings (SSSR count). The smallest absolute Gasteiger partial charge is 0.230 e. The van der Waals surface area contributed by atoms with Crippen molar-refractivity contribution in [3.63, 3.8) is 0 Å². The van der Waals surface area contributed by atoms with Gasteiger partial charge in [-0.05, 0) is 12.2 Å². The van der Waals surface area contributed by atoms with Crippen LogP contribution in [0.3, 0.4) is 0 Å². The van der Waals surface area contributed by atoms with Gasteiger partial charge in [0.2, 0.25) is 5.91 Å². The summed E-state index contributed by atoms with van der Waals surface area (Å²) in [5.41, 5.74) is 0.418. The van der Waals surface area contributed by atoms with Crippen LogP contribution in [0.5, 0.6) is 0 Å². The molecule has 1 amide bonds. The first kappa shape index (κ1) is 11.6. The minimum atomic E-state index is -0.0758. The molecule has 0 aromatic carbocycles. The van der Waals surface area contributed by atoms with Crippen molar-refractivity contribution >= 4 is 39.9 Å². The Balaban J connectivity index is 1.97. The molecule has 1 aromatic heterocycles. The van der Waals surface area contributed by atoms with E-state index < -0.39 is 0 Å². The van der Waals surface area contributed by atoms with Crippen LogP contribution < -0.4 is 5.32 Å². The van der Waals surface area contributed by atoms with Gasteiger partial charge >= 0.3 is 0 Å². The molecule has 86 valence electrons. The maximum atomic E-state index is 11.8. The summed E-state index contributed by atoms with van der Waals surface area (Å²) in [6, 6.07) is 0. The molecule has 4 nitrogen and oxygen atoms in total. The molecule has 1 aliphatic heterocycles. The van der Waals surface area contributed by atoms with Crippen LogP contribution in [0.4, 0.5) is 5.13 Å². The van der Waals surface area contributed by atoms with Crippen molar-refractivity contribution in [2.75, 3.05) is 16.8 Å². The average molecular weight is 256 g/mol. The first-order valence-electron chi connectivity index (χ1n) is 5.02. The number of Topliss-reactive ketones (excluding diaryl/α,β-unsaturated/α-hetero) is 1. The van der Waals surface area contributed by atoms with Crippen molar-refractivity contribution in [3.05, 3.63) is 11.1 Å². The first-order valence-corrected chi connectivity index (χ1v) is 7.05. The molecule has 1 atom stereocenters. The lowest BCUT2D eigenvalue weighted by molar-refractivity contribution is -0.119. The second-order valence-corrected chi connectivity index (χ2v) is 5.65. The summed E-state index contributed by atoms with van der Waals surface area (Å²) < 4.78 is 0. The number of hydrogen-bond donors (Lipinski definition) is 1. The molecule has 1 N–H and O–H groups in total. The third-order valence-electron chi connectivity index (χ3n) is 2.40. The molecule has 1 aliphatic rings. The number of thiazole rings is 1. The number of rotatable bonds is 3. The fourth-order valence-electron chi connectivity index (χ4n) is 1.44. The van der Waals surface area contributed by atoms with Gasteiger partial charge in [-0.2, -0.15) is 11.8 Å². The molecule has 0 saturated carbocycles. The fraction of sp³-hybridized carbons (Fsp3) is 0.500. The molecule has 0 radical (unpaired) electrons. The third-order valence-corrected chi connectivity index (χ3v) is 4.32. The Morgan fingerprint density at radius 3 is 2.94 bits per heavy atom. The molecule has 0 aliphatic carbocycles. The number of carbonyl (C=O) groups is 2. The minimum Gasteiger partial charge on any atom is -0.302 e. The molecule has 1 fully saturated rings. The number of nitrogens with zero attached hydrogens (tertiary/aromatic N) is 1. The van der Waals surface area contributed by atoms with Gasteiger partial charge in [-0.1, -0.05) is 0 Å². The maximum Gasteiger partial charge on any atom is 0.230 e. The minimum absolute atomic E-state index is 0.0226. The van der Waals surface area contributed by atoms with E-state index >= 15 is 0 Å². The van der Waals surface area contributed by atoms with Crippen LogP contribution >= 0.6 is 23.1 Å². The van der Waals surface area contributed by atoms with Gasteiger partial charge in [-0.3, -0.25) is 9.59 Å². The van der Waals surface area contributed by atoms with E-state index in [0.29, 0.717) is 10.8 Å². The molecular weight excluding hydrogens is 244 g/mol. The Kier molecular flexibility index (Phi) is 3.60. The van der Waals surface area contributed by atoms with E-state index in [1.54, 1.807) is 17.1 Å². The van der Waals surface area contributed by atoms with Crippen LogP contribution in [0.1, 0.15) is 23.8 Å². The molecule has 2 heterocycles. The van der Waals surface area contributed by atoms with Gasteiger partial charge in [0, 0.05) is 24.0 Å². The van der Waals surface area contributed by atoms with Crippen molar-refractivity contribution in [3.8, 4) is 0 Å². The summed E-state index contributed by atoms with van der Waals surface area (Å²) in [5.74, 6) is 1.98. The number of thioether (sulfide) groups is 1. The lowest BCUT2D eigenvalue weighted by atomic mass is 10.1. The second-order valence-electron chi connectivity index (χ2n) is 3.64. The van der Waals surface area contributed by atoms with E-state index in [1.165, 1.54) is 18.3 Å². The van der Waals surface area contributed by atoms with Crippen molar-refractivity contribution in [1.82, 2.24) is 4.98 Å². The summed E-state index contributed by atoms with van der Waals surface area (Å²) >= 11 is 3.09. The van der Waals surface area contributed by atoms with Gasteiger partial charge in [-0.25, -0.2) is 4.98 Å². The van der Waals surface area contributed by atoms with E-state index in [1.807, 2.05) is 0 Å². The molecule has 0 bridgehead atoms. The molecule has 1 aromatic rings. The van der Waals surface area contributed by atoms with Crippen LogP contribution in [-0.2, 0) is 4.79 Å². The number of anilines is 1. The van der Waals surface area contributed by atoms with Gasteiger partial charge < -0.3 is 5.32 Å². The van der Waals surface area contributed by atoms with Crippen LogP contribution in [0.2, 0.25) is 0 Å². The highest BCUT2D eigenvalue weighted by Crippen LogP contribution is 2.25. The lowest BCUT2D eigenvalue weighted by Gasteiger charge is -2.06. The number of aromatic nitrogens is 1. The largest absolute Gasteiger partial charge is 0.302 e. The van der Waals surface area contributed by atoms with Crippen LogP contribution in [-0.4, -0.2) is 28.2 Å². The zero-order valence-electron chi connectivity index (χ0n) is 8.86. The molecule has 1 unspecified atom stereocenters. The number of ketones is 1. The number of carbonyl (C=O) groups excluding carboxylic acids is 2. The normalized spacial score (nSPS) is 19.7. The van der Waals surface area contributed by atoms with E-state index in [2.05, 4.69) is 10.3 Å². The second kappa shape index (κ2) is 4.97. The molecule has 0 spiro atoms. The average Bonchev–Trinajstić information content (AvgIpc) is 2.87. The third kappa shape index (κ3) is 2.62. The van der Waals surface area contributed by atoms with Crippen molar-refractivity contribution in [2.24, 2.45) is 5.92 Å². The van der Waals surface area contributed by atoms with Crippen molar-refractivity contribution in [1.29, 1.82) is 0 Å². The van der Waals surface area contributed by atoms with Gasteiger partial charge in [0.05, 0.1) is 0 Å². The monoisotopic (exact) mass is 256 g/mol. The van der Waals surface area contributed by atoms with Gasteiger partial charge in [0.25, 0.3) is 0 Å². The summed E-state index contributed by atoms with van der Waals surface area (Å²) in [5, 5.41) is 4.95. The Morgan fingerprint density at radius 1 is 1.56 bits per heavy atom. The zero-order chi connectivity index (χ0) is 11.5. The number of amides is 1.